The van der Waals surface area contributed by atoms with E-state index >= 15 is 0 Å². The molecular formula is C23H22Cl2N2O4. The summed E-state index contributed by atoms with van der Waals surface area (Å²) in [7, 11) is 1.80. The van der Waals surface area contributed by atoms with Gasteiger partial charge < -0.3 is 19.7 Å². The summed E-state index contributed by atoms with van der Waals surface area (Å²) in [5, 5.41) is 14.1. The van der Waals surface area contributed by atoms with Gasteiger partial charge in [-0.05, 0) is 36.2 Å². The van der Waals surface area contributed by atoms with Gasteiger partial charge in [-0.2, -0.15) is 0 Å². The molecule has 1 fully saturated rings. The predicted molar refractivity (Wildman–Crippen MR) is 120 cm³/mol. The van der Waals surface area contributed by atoms with E-state index in [4.69, 9.17) is 27.9 Å². The molecule has 1 amide bonds. The molecule has 2 unspecified atom stereocenters. The highest BCUT2D eigenvalue weighted by Crippen LogP contribution is 2.35. The number of nitrogens with one attached hydrogen (secondary N) is 1. The Balaban J connectivity index is 1.71. The third kappa shape index (κ3) is 3.80. The number of rotatable bonds is 5. The van der Waals surface area contributed by atoms with Gasteiger partial charge in [0.2, 0.25) is 0 Å². The number of carbonyl (C=O) groups is 2. The molecule has 2 N–H and O–H groups in total. The van der Waals surface area contributed by atoms with E-state index in [9.17, 15) is 14.7 Å². The summed E-state index contributed by atoms with van der Waals surface area (Å²) in [6.07, 6.45) is 0.584. The van der Waals surface area contributed by atoms with Crippen molar-refractivity contribution >= 4 is 46.0 Å². The molecule has 2 atom stereocenters. The Kier molecular flexibility index (Phi) is 5.73. The molecule has 6 nitrogen and oxygen atoms in total. The Hall–Kier alpha value is -2.54. The van der Waals surface area contributed by atoms with Crippen LogP contribution in [0.1, 0.15) is 40.9 Å². The quantitative estimate of drug-likeness (QED) is 0.577. The first-order valence-corrected chi connectivity index (χ1v) is 10.7. The molecule has 1 aliphatic heterocycles. The van der Waals surface area contributed by atoms with Crippen molar-refractivity contribution in [2.75, 3.05) is 13.2 Å². The van der Waals surface area contributed by atoms with Crippen LogP contribution in [0.5, 0.6) is 0 Å². The maximum Gasteiger partial charge on any atom is 0.310 e. The SMILES string of the molecule is CC(C(=O)O)c1cccc(C2(NC(=O)c3cc4c(Cl)c(Cl)ccc4n3C)CCOC2)c1. The van der Waals surface area contributed by atoms with Gasteiger partial charge in [0, 0.05) is 31.0 Å². The number of amides is 1. The number of aliphatic carboxylic acids is 1. The lowest BCUT2D eigenvalue weighted by Crippen LogP contribution is -2.47. The molecule has 0 spiro atoms. The van der Waals surface area contributed by atoms with E-state index in [1.165, 1.54) is 0 Å². The van der Waals surface area contributed by atoms with Crippen LogP contribution in [0.25, 0.3) is 10.9 Å². The van der Waals surface area contributed by atoms with Crippen LogP contribution < -0.4 is 5.32 Å². The standard InChI is InChI=1S/C23H22Cl2N2O4/c1-13(22(29)30)14-4-3-5-15(10-14)23(8-9-31-12-23)26-21(28)19-11-16-18(27(19)2)7-6-17(24)20(16)25/h3-7,10-11,13H,8-9,12H2,1-2H3,(H,26,28)(H,29,30). The van der Waals surface area contributed by atoms with Gasteiger partial charge in [-0.1, -0.05) is 47.5 Å². The normalized spacial score (nSPS) is 19.5. The zero-order chi connectivity index (χ0) is 22.3. The van der Waals surface area contributed by atoms with E-state index in [0.29, 0.717) is 46.3 Å². The van der Waals surface area contributed by atoms with Crippen molar-refractivity contribution in [1.82, 2.24) is 9.88 Å². The third-order valence-electron chi connectivity index (χ3n) is 6.03. The van der Waals surface area contributed by atoms with Gasteiger partial charge in [-0.15, -0.1) is 0 Å². The largest absolute Gasteiger partial charge is 0.481 e. The fourth-order valence-electron chi connectivity index (χ4n) is 4.06. The van der Waals surface area contributed by atoms with Crippen molar-refractivity contribution in [3.63, 3.8) is 0 Å². The molecule has 31 heavy (non-hydrogen) atoms. The number of fused-ring (bicyclic) bond motifs is 1. The lowest BCUT2D eigenvalue weighted by atomic mass is 9.86. The van der Waals surface area contributed by atoms with Gasteiger partial charge in [0.1, 0.15) is 5.69 Å². The second kappa shape index (κ2) is 8.19. The lowest BCUT2D eigenvalue weighted by molar-refractivity contribution is -0.138. The van der Waals surface area contributed by atoms with Crippen molar-refractivity contribution in [2.24, 2.45) is 7.05 Å². The highest BCUT2D eigenvalue weighted by molar-refractivity contribution is 6.45. The van der Waals surface area contributed by atoms with E-state index in [0.717, 1.165) is 11.1 Å². The van der Waals surface area contributed by atoms with Crippen LogP contribution in [-0.2, 0) is 22.1 Å². The summed E-state index contributed by atoms with van der Waals surface area (Å²) in [4.78, 5) is 24.8. The highest BCUT2D eigenvalue weighted by Gasteiger charge is 2.39. The average molecular weight is 461 g/mol. The molecule has 2 heterocycles. The summed E-state index contributed by atoms with van der Waals surface area (Å²) in [5.41, 5.74) is 2.00. The van der Waals surface area contributed by atoms with Crippen molar-refractivity contribution in [1.29, 1.82) is 0 Å². The number of hydrogen-bond acceptors (Lipinski definition) is 3. The Labute approximate surface area is 189 Å². The van der Waals surface area contributed by atoms with Gasteiger partial charge in [-0.3, -0.25) is 9.59 Å². The molecule has 1 aliphatic rings. The maximum absolute atomic E-state index is 13.3. The summed E-state index contributed by atoms with van der Waals surface area (Å²) >= 11 is 12.5. The monoisotopic (exact) mass is 460 g/mol. The molecule has 162 valence electrons. The molecule has 0 aliphatic carbocycles. The number of halogens is 2. The Morgan fingerprint density at radius 2 is 2.00 bits per heavy atom. The van der Waals surface area contributed by atoms with Crippen molar-refractivity contribution in [2.45, 2.75) is 24.8 Å². The van der Waals surface area contributed by atoms with Crippen LogP contribution in [0.4, 0.5) is 0 Å². The molecule has 4 rings (SSSR count). The molecule has 2 aromatic carbocycles. The van der Waals surface area contributed by atoms with Crippen LogP contribution in [0.3, 0.4) is 0 Å². The van der Waals surface area contributed by atoms with Crippen LogP contribution in [-0.4, -0.2) is 34.8 Å². The topological polar surface area (TPSA) is 80.6 Å². The number of aromatic nitrogens is 1. The summed E-state index contributed by atoms with van der Waals surface area (Å²) < 4.78 is 7.42. The Morgan fingerprint density at radius 1 is 1.23 bits per heavy atom. The van der Waals surface area contributed by atoms with Gasteiger partial charge in [0.05, 0.1) is 28.1 Å². The minimum Gasteiger partial charge on any atom is -0.481 e. The number of carbonyl (C=O) groups excluding carboxylic acids is 1. The van der Waals surface area contributed by atoms with E-state index in [2.05, 4.69) is 5.32 Å². The van der Waals surface area contributed by atoms with Gasteiger partial charge in [0.25, 0.3) is 5.91 Å². The minimum atomic E-state index is -0.899. The van der Waals surface area contributed by atoms with Crippen molar-refractivity contribution in [3.8, 4) is 0 Å². The van der Waals surface area contributed by atoms with Crippen molar-refractivity contribution < 1.29 is 19.4 Å². The highest BCUT2D eigenvalue weighted by atomic mass is 35.5. The minimum absolute atomic E-state index is 0.270. The second-order valence-electron chi connectivity index (χ2n) is 7.91. The van der Waals surface area contributed by atoms with E-state index < -0.39 is 17.4 Å². The fraction of sp³-hybridized carbons (Fsp3) is 0.304. The second-order valence-corrected chi connectivity index (χ2v) is 8.69. The Morgan fingerprint density at radius 3 is 2.68 bits per heavy atom. The summed E-state index contributed by atoms with van der Waals surface area (Å²) in [6.45, 7) is 2.44. The fourth-order valence-corrected chi connectivity index (χ4v) is 4.44. The first-order valence-electron chi connectivity index (χ1n) is 9.90. The molecule has 0 bridgehead atoms. The maximum atomic E-state index is 13.3. The first-order chi connectivity index (χ1) is 14.7. The number of benzene rings is 2. The molecule has 1 aromatic heterocycles. The number of carboxylic acids is 1. The van der Waals surface area contributed by atoms with Gasteiger partial charge >= 0.3 is 5.97 Å². The average Bonchev–Trinajstić information content (AvgIpc) is 3.36. The van der Waals surface area contributed by atoms with Crippen LogP contribution in [0.15, 0.2) is 42.5 Å². The van der Waals surface area contributed by atoms with Crippen LogP contribution >= 0.6 is 23.2 Å². The zero-order valence-electron chi connectivity index (χ0n) is 17.1. The summed E-state index contributed by atoms with van der Waals surface area (Å²) in [5.74, 6) is -1.82. The lowest BCUT2D eigenvalue weighted by Gasteiger charge is -2.30. The third-order valence-corrected chi connectivity index (χ3v) is 6.85. The summed E-state index contributed by atoms with van der Waals surface area (Å²) in [6, 6.07) is 12.6. The molecule has 0 radical (unpaired) electrons. The first kappa shape index (κ1) is 21.7. The van der Waals surface area contributed by atoms with Crippen LogP contribution in [0.2, 0.25) is 10.0 Å². The smallest absolute Gasteiger partial charge is 0.310 e. The number of hydrogen-bond donors (Lipinski definition) is 2. The zero-order valence-corrected chi connectivity index (χ0v) is 18.6. The molecule has 0 saturated carbocycles. The van der Waals surface area contributed by atoms with E-state index in [-0.39, 0.29) is 5.91 Å². The van der Waals surface area contributed by atoms with E-state index in [1.54, 1.807) is 36.7 Å². The van der Waals surface area contributed by atoms with Crippen molar-refractivity contribution in [3.05, 3.63) is 69.3 Å². The molecule has 3 aromatic rings. The van der Waals surface area contributed by atoms with E-state index in [1.807, 2.05) is 24.3 Å². The molecule has 1 saturated heterocycles. The van der Waals surface area contributed by atoms with Gasteiger partial charge in [-0.25, -0.2) is 0 Å². The van der Waals surface area contributed by atoms with Crippen LogP contribution in [0, 0.1) is 0 Å². The van der Waals surface area contributed by atoms with Gasteiger partial charge in [0.15, 0.2) is 0 Å². The number of aryl methyl sites for hydroxylation is 1. The predicted octanol–water partition coefficient (Wildman–Crippen LogP) is 4.72. The number of ether oxygens (including phenoxy) is 1. The molecule has 8 heteroatoms. The number of carboxylic acid groups (broad SMARTS) is 1. The molecular weight excluding hydrogens is 439 g/mol. The number of nitrogens with zero attached hydrogens (tertiary/aromatic N) is 1. The Bertz CT molecular complexity index is 1180.